The van der Waals surface area contributed by atoms with Gasteiger partial charge < -0.3 is 0 Å². The zero-order valence-corrected chi connectivity index (χ0v) is 10.5. The van der Waals surface area contributed by atoms with Crippen molar-refractivity contribution in [1.29, 1.82) is 5.26 Å². The summed E-state index contributed by atoms with van der Waals surface area (Å²) in [6.07, 6.45) is 4.17. The highest BCUT2D eigenvalue weighted by Gasteiger charge is 2.09. The molecular weight excluding hydrogens is 254 g/mol. The molecule has 0 aliphatic carbocycles. The van der Waals surface area contributed by atoms with E-state index in [1.807, 2.05) is 19.3 Å². The van der Waals surface area contributed by atoms with Gasteiger partial charge in [-0.2, -0.15) is 5.26 Å². The quantitative estimate of drug-likeness (QED) is 0.842. The van der Waals surface area contributed by atoms with Gasteiger partial charge in [-0.25, -0.2) is 0 Å². The molecule has 0 aliphatic rings. The number of pyridine rings is 1. The first-order valence-electron chi connectivity index (χ1n) is 4.80. The van der Waals surface area contributed by atoms with Crippen molar-refractivity contribution in [1.82, 2.24) is 9.88 Å². The van der Waals surface area contributed by atoms with E-state index in [1.165, 1.54) is 0 Å². The Morgan fingerprint density at radius 3 is 2.93 bits per heavy atom. The lowest BCUT2D eigenvalue weighted by Gasteiger charge is -2.22. The topological polar surface area (TPSA) is 39.9 Å². The SMILES string of the molecule is CC(CC#N)N(C)Cc1cncc(Br)c1. The Labute approximate surface area is 98.9 Å². The third kappa shape index (κ3) is 3.98. The number of aromatic nitrogens is 1. The largest absolute Gasteiger partial charge is 0.298 e. The molecule has 0 saturated heterocycles. The molecule has 1 unspecified atom stereocenters. The number of nitriles is 1. The molecular formula is C11H14BrN3. The molecule has 0 saturated carbocycles. The fraction of sp³-hybridized carbons (Fsp3) is 0.455. The lowest BCUT2D eigenvalue weighted by atomic mass is 10.2. The molecule has 80 valence electrons. The maximum Gasteiger partial charge on any atom is 0.0638 e. The molecule has 1 rings (SSSR count). The normalized spacial score (nSPS) is 12.5. The molecule has 15 heavy (non-hydrogen) atoms. The van der Waals surface area contributed by atoms with Crippen LogP contribution in [0.4, 0.5) is 0 Å². The van der Waals surface area contributed by atoms with Gasteiger partial charge in [-0.05, 0) is 41.5 Å². The van der Waals surface area contributed by atoms with Gasteiger partial charge in [-0.15, -0.1) is 0 Å². The van der Waals surface area contributed by atoms with Crippen LogP contribution in [0.3, 0.4) is 0 Å². The molecule has 0 radical (unpaired) electrons. The van der Waals surface area contributed by atoms with Gasteiger partial charge in [-0.1, -0.05) is 0 Å². The molecule has 0 bridgehead atoms. The Morgan fingerprint density at radius 1 is 1.60 bits per heavy atom. The smallest absolute Gasteiger partial charge is 0.0638 e. The summed E-state index contributed by atoms with van der Waals surface area (Å²) in [5.74, 6) is 0. The summed E-state index contributed by atoms with van der Waals surface area (Å²) >= 11 is 3.39. The molecule has 0 spiro atoms. The van der Waals surface area contributed by atoms with Gasteiger partial charge in [0, 0.05) is 29.5 Å². The van der Waals surface area contributed by atoms with E-state index in [9.17, 15) is 0 Å². The van der Waals surface area contributed by atoms with Crippen molar-refractivity contribution >= 4 is 15.9 Å². The van der Waals surface area contributed by atoms with Gasteiger partial charge in [0.15, 0.2) is 0 Å². The van der Waals surface area contributed by atoms with Crippen LogP contribution in [0.25, 0.3) is 0 Å². The van der Waals surface area contributed by atoms with E-state index in [-0.39, 0.29) is 6.04 Å². The Hall–Kier alpha value is -0.920. The van der Waals surface area contributed by atoms with Gasteiger partial charge in [0.25, 0.3) is 0 Å². The summed E-state index contributed by atoms with van der Waals surface area (Å²) in [6, 6.07) is 4.50. The number of hydrogen-bond acceptors (Lipinski definition) is 3. The molecule has 0 amide bonds. The van der Waals surface area contributed by atoms with Crippen molar-refractivity contribution < 1.29 is 0 Å². The van der Waals surface area contributed by atoms with E-state index in [0.29, 0.717) is 6.42 Å². The lowest BCUT2D eigenvalue weighted by molar-refractivity contribution is 0.252. The second-order valence-corrected chi connectivity index (χ2v) is 4.55. The van der Waals surface area contributed by atoms with E-state index in [1.54, 1.807) is 6.20 Å². The first kappa shape index (κ1) is 12.2. The first-order valence-corrected chi connectivity index (χ1v) is 5.59. The number of nitrogens with zero attached hydrogens (tertiary/aromatic N) is 3. The number of hydrogen-bond donors (Lipinski definition) is 0. The highest BCUT2D eigenvalue weighted by molar-refractivity contribution is 9.10. The Kier molecular flexibility index (Phi) is 4.73. The third-order valence-corrected chi connectivity index (χ3v) is 2.77. The van der Waals surface area contributed by atoms with Gasteiger partial charge in [0.2, 0.25) is 0 Å². The summed E-state index contributed by atoms with van der Waals surface area (Å²) in [4.78, 5) is 6.25. The van der Waals surface area contributed by atoms with Crippen molar-refractivity contribution in [3.8, 4) is 6.07 Å². The minimum absolute atomic E-state index is 0.272. The Bertz CT molecular complexity index is 359. The summed E-state index contributed by atoms with van der Waals surface area (Å²) in [7, 11) is 2.02. The van der Waals surface area contributed by atoms with Gasteiger partial charge >= 0.3 is 0 Å². The van der Waals surface area contributed by atoms with E-state index in [2.05, 4.69) is 38.8 Å². The van der Waals surface area contributed by atoms with Gasteiger partial charge in [-0.3, -0.25) is 9.88 Å². The summed E-state index contributed by atoms with van der Waals surface area (Å²) in [5, 5.41) is 8.60. The zero-order chi connectivity index (χ0) is 11.3. The van der Waals surface area contributed by atoms with Crippen LogP contribution in [0, 0.1) is 11.3 Å². The standard InChI is InChI=1S/C11H14BrN3/c1-9(3-4-13)15(2)8-10-5-11(12)7-14-6-10/h5-7,9H,3,8H2,1-2H3. The average Bonchev–Trinajstić information content (AvgIpc) is 2.18. The molecule has 0 aromatic carbocycles. The molecule has 1 aromatic heterocycles. The molecule has 1 aromatic rings. The molecule has 0 aliphatic heterocycles. The van der Waals surface area contributed by atoms with Crippen LogP contribution < -0.4 is 0 Å². The fourth-order valence-electron chi connectivity index (χ4n) is 1.27. The van der Waals surface area contributed by atoms with Crippen LogP contribution in [-0.2, 0) is 6.54 Å². The average molecular weight is 268 g/mol. The fourth-order valence-corrected chi connectivity index (χ4v) is 1.69. The van der Waals surface area contributed by atoms with E-state index in [4.69, 9.17) is 5.26 Å². The molecule has 3 nitrogen and oxygen atoms in total. The zero-order valence-electron chi connectivity index (χ0n) is 8.94. The van der Waals surface area contributed by atoms with Crippen LogP contribution in [0.5, 0.6) is 0 Å². The van der Waals surface area contributed by atoms with Crippen LogP contribution >= 0.6 is 15.9 Å². The number of halogens is 1. The second kappa shape index (κ2) is 5.84. The summed E-state index contributed by atoms with van der Waals surface area (Å²) < 4.78 is 0.987. The minimum atomic E-state index is 0.272. The maximum atomic E-state index is 8.60. The lowest BCUT2D eigenvalue weighted by Crippen LogP contribution is -2.28. The van der Waals surface area contributed by atoms with Crippen molar-refractivity contribution in [2.24, 2.45) is 0 Å². The number of rotatable bonds is 4. The Morgan fingerprint density at radius 2 is 2.33 bits per heavy atom. The highest BCUT2D eigenvalue weighted by Crippen LogP contribution is 2.12. The van der Waals surface area contributed by atoms with Crippen LogP contribution in [-0.4, -0.2) is 23.0 Å². The van der Waals surface area contributed by atoms with E-state index < -0.39 is 0 Å². The minimum Gasteiger partial charge on any atom is -0.298 e. The van der Waals surface area contributed by atoms with Crippen molar-refractivity contribution in [2.75, 3.05) is 7.05 Å². The molecule has 1 atom stereocenters. The highest BCUT2D eigenvalue weighted by atomic mass is 79.9. The monoisotopic (exact) mass is 267 g/mol. The molecule has 4 heteroatoms. The van der Waals surface area contributed by atoms with Crippen molar-refractivity contribution in [3.05, 3.63) is 28.5 Å². The summed E-state index contributed by atoms with van der Waals surface area (Å²) in [6.45, 7) is 2.86. The van der Waals surface area contributed by atoms with E-state index >= 15 is 0 Å². The maximum absolute atomic E-state index is 8.60. The predicted molar refractivity (Wildman–Crippen MR) is 63.1 cm³/mol. The van der Waals surface area contributed by atoms with Gasteiger partial charge in [0.1, 0.15) is 0 Å². The van der Waals surface area contributed by atoms with Gasteiger partial charge in [0.05, 0.1) is 12.5 Å². The Balaban J connectivity index is 2.58. The molecule has 1 heterocycles. The molecule has 0 N–H and O–H groups in total. The van der Waals surface area contributed by atoms with Crippen LogP contribution in [0.1, 0.15) is 18.9 Å². The second-order valence-electron chi connectivity index (χ2n) is 3.64. The summed E-state index contributed by atoms with van der Waals surface area (Å²) in [5.41, 5.74) is 1.15. The van der Waals surface area contributed by atoms with Crippen LogP contribution in [0.2, 0.25) is 0 Å². The third-order valence-electron chi connectivity index (χ3n) is 2.33. The van der Waals surface area contributed by atoms with E-state index in [0.717, 1.165) is 16.6 Å². The molecule has 0 fully saturated rings. The van der Waals surface area contributed by atoms with Crippen molar-refractivity contribution in [2.45, 2.75) is 25.9 Å². The van der Waals surface area contributed by atoms with Crippen molar-refractivity contribution in [3.63, 3.8) is 0 Å². The van der Waals surface area contributed by atoms with Crippen LogP contribution in [0.15, 0.2) is 22.9 Å². The first-order chi connectivity index (χ1) is 7.13. The predicted octanol–water partition coefficient (Wildman–Crippen LogP) is 2.58.